The van der Waals surface area contributed by atoms with Gasteiger partial charge in [-0.05, 0) is 37.6 Å². The van der Waals surface area contributed by atoms with Crippen molar-refractivity contribution in [2.75, 3.05) is 11.9 Å². The quantitative estimate of drug-likeness (QED) is 0.873. The summed E-state index contributed by atoms with van der Waals surface area (Å²) in [7, 11) is 0. The van der Waals surface area contributed by atoms with Crippen molar-refractivity contribution in [1.82, 2.24) is 4.98 Å². The summed E-state index contributed by atoms with van der Waals surface area (Å²) < 4.78 is 4.96. The van der Waals surface area contributed by atoms with Crippen LogP contribution in [0.4, 0.5) is 5.00 Å². The Morgan fingerprint density at radius 1 is 1.43 bits per heavy atom. The number of carbonyl (C=O) groups is 2. The molecule has 0 bridgehead atoms. The van der Waals surface area contributed by atoms with Crippen molar-refractivity contribution < 1.29 is 14.3 Å². The predicted molar refractivity (Wildman–Crippen MR) is 82.2 cm³/mol. The summed E-state index contributed by atoms with van der Waals surface area (Å²) in [5.41, 5.74) is 1.01. The van der Waals surface area contributed by atoms with Gasteiger partial charge in [0.1, 0.15) is 10.6 Å². The molecule has 2 aromatic rings. The summed E-state index contributed by atoms with van der Waals surface area (Å²) in [5.74, 6) is -0.742. The lowest BCUT2D eigenvalue weighted by molar-refractivity contribution is 0.0531. The molecule has 1 N–H and O–H groups in total. The molecule has 1 amide bonds. The van der Waals surface area contributed by atoms with Crippen LogP contribution in [0.5, 0.6) is 0 Å². The van der Waals surface area contributed by atoms with Crippen LogP contribution in [-0.4, -0.2) is 23.5 Å². The second-order valence-electron chi connectivity index (χ2n) is 4.16. The predicted octanol–water partition coefficient (Wildman–Crippen LogP) is 3.53. The minimum Gasteiger partial charge on any atom is -0.462 e. The van der Waals surface area contributed by atoms with E-state index >= 15 is 0 Å². The third-order valence-corrected chi connectivity index (χ3v) is 3.93. The number of halogens is 1. The number of thiophene rings is 1. The Hall–Kier alpha value is -1.92. The molecule has 0 spiro atoms. The summed E-state index contributed by atoms with van der Waals surface area (Å²) >= 11 is 6.90. The number of anilines is 1. The minimum absolute atomic E-state index is 0.253. The van der Waals surface area contributed by atoms with Crippen molar-refractivity contribution in [3.8, 4) is 0 Å². The average Bonchev–Trinajstić information content (AvgIpc) is 2.80. The Balaban J connectivity index is 2.13. The number of esters is 1. The highest BCUT2D eigenvalue weighted by atomic mass is 35.5. The van der Waals surface area contributed by atoms with E-state index in [1.807, 2.05) is 0 Å². The fourth-order valence-corrected chi connectivity index (χ4v) is 2.70. The summed E-state index contributed by atoms with van der Waals surface area (Å²) in [5, 5.41) is 3.73. The van der Waals surface area contributed by atoms with E-state index in [1.165, 1.54) is 23.6 Å². The van der Waals surface area contributed by atoms with Gasteiger partial charge in [0.25, 0.3) is 5.91 Å². The Kier molecular flexibility index (Phi) is 4.93. The standard InChI is InChI=1S/C14H13ClN2O3S/c1-3-20-14(19)12-8(2)6-11(21-12)17-13(18)10-5-4-9(15)7-16-10/h4-7H,3H2,1-2H3,(H,17,18). The van der Waals surface area contributed by atoms with Crippen molar-refractivity contribution in [2.45, 2.75) is 13.8 Å². The van der Waals surface area contributed by atoms with E-state index in [9.17, 15) is 9.59 Å². The van der Waals surface area contributed by atoms with Crippen molar-refractivity contribution in [1.29, 1.82) is 0 Å². The van der Waals surface area contributed by atoms with E-state index in [-0.39, 0.29) is 17.6 Å². The number of aromatic nitrogens is 1. The van der Waals surface area contributed by atoms with E-state index in [0.29, 0.717) is 21.5 Å². The molecule has 0 fully saturated rings. The van der Waals surface area contributed by atoms with Crippen molar-refractivity contribution in [3.63, 3.8) is 0 Å². The van der Waals surface area contributed by atoms with Crippen LogP contribution in [-0.2, 0) is 4.74 Å². The molecule has 5 nitrogen and oxygen atoms in total. The number of pyridine rings is 1. The van der Waals surface area contributed by atoms with Gasteiger partial charge < -0.3 is 10.1 Å². The summed E-state index contributed by atoms with van der Waals surface area (Å²) in [4.78, 5) is 28.2. The lowest BCUT2D eigenvalue weighted by Crippen LogP contribution is -2.12. The second kappa shape index (κ2) is 6.69. The molecule has 0 aliphatic rings. The van der Waals surface area contributed by atoms with Gasteiger partial charge in [-0.1, -0.05) is 11.6 Å². The molecule has 0 radical (unpaired) electrons. The van der Waals surface area contributed by atoms with Crippen molar-refractivity contribution in [2.24, 2.45) is 0 Å². The van der Waals surface area contributed by atoms with Gasteiger partial charge >= 0.3 is 5.97 Å². The Labute approximate surface area is 130 Å². The third kappa shape index (κ3) is 3.80. The maximum absolute atomic E-state index is 12.0. The number of amides is 1. The number of rotatable bonds is 4. The van der Waals surface area contributed by atoms with E-state index in [1.54, 1.807) is 26.0 Å². The first kappa shape index (κ1) is 15.5. The van der Waals surface area contributed by atoms with Gasteiger partial charge in [0.05, 0.1) is 16.6 Å². The first-order valence-electron chi connectivity index (χ1n) is 6.21. The van der Waals surface area contributed by atoms with Crippen LogP contribution >= 0.6 is 22.9 Å². The molecule has 0 saturated heterocycles. The van der Waals surface area contributed by atoms with Crippen LogP contribution in [0.15, 0.2) is 24.4 Å². The number of carbonyl (C=O) groups excluding carboxylic acids is 2. The van der Waals surface area contributed by atoms with Gasteiger partial charge in [-0.25, -0.2) is 9.78 Å². The van der Waals surface area contributed by atoms with Crippen LogP contribution < -0.4 is 5.32 Å². The number of nitrogens with zero attached hydrogens (tertiary/aromatic N) is 1. The van der Waals surface area contributed by atoms with Gasteiger partial charge in [0.15, 0.2) is 0 Å². The zero-order valence-corrected chi connectivity index (χ0v) is 13.0. The number of hydrogen-bond acceptors (Lipinski definition) is 5. The van der Waals surface area contributed by atoms with Crippen LogP contribution in [0.1, 0.15) is 32.6 Å². The fraction of sp³-hybridized carbons (Fsp3) is 0.214. The normalized spacial score (nSPS) is 10.2. The molecule has 7 heteroatoms. The molecule has 0 saturated carbocycles. The molecule has 110 valence electrons. The first-order valence-corrected chi connectivity index (χ1v) is 7.41. The number of hydrogen-bond donors (Lipinski definition) is 1. The molecule has 2 aromatic heterocycles. The summed E-state index contributed by atoms with van der Waals surface area (Å²) in [6.07, 6.45) is 1.40. The lowest BCUT2D eigenvalue weighted by Gasteiger charge is -2.01. The van der Waals surface area contributed by atoms with Gasteiger partial charge in [-0.15, -0.1) is 11.3 Å². The Morgan fingerprint density at radius 3 is 2.81 bits per heavy atom. The molecule has 2 heterocycles. The molecule has 0 aliphatic carbocycles. The van der Waals surface area contributed by atoms with Crippen molar-refractivity contribution >= 4 is 39.8 Å². The second-order valence-corrected chi connectivity index (χ2v) is 5.65. The van der Waals surface area contributed by atoms with Crippen molar-refractivity contribution in [3.05, 3.63) is 45.6 Å². The Bertz CT molecular complexity index is 667. The van der Waals surface area contributed by atoms with E-state index in [2.05, 4.69) is 10.3 Å². The minimum atomic E-state index is -0.384. The Morgan fingerprint density at radius 2 is 2.19 bits per heavy atom. The topological polar surface area (TPSA) is 68.3 Å². The highest BCUT2D eigenvalue weighted by Crippen LogP contribution is 2.27. The van der Waals surface area contributed by atoms with Gasteiger partial charge in [0, 0.05) is 6.20 Å². The number of nitrogens with one attached hydrogen (secondary N) is 1. The molecular formula is C14H13ClN2O3S. The molecule has 0 unspecified atom stereocenters. The van der Waals surface area contributed by atoms with Gasteiger partial charge in [-0.2, -0.15) is 0 Å². The maximum atomic E-state index is 12.0. The summed E-state index contributed by atoms with van der Waals surface area (Å²) in [6.45, 7) is 3.85. The SMILES string of the molecule is CCOC(=O)c1sc(NC(=O)c2ccc(Cl)cn2)cc1C. The highest BCUT2D eigenvalue weighted by molar-refractivity contribution is 7.18. The highest BCUT2D eigenvalue weighted by Gasteiger charge is 2.16. The first-order chi connectivity index (χ1) is 10.0. The maximum Gasteiger partial charge on any atom is 0.348 e. The third-order valence-electron chi connectivity index (χ3n) is 2.58. The fourth-order valence-electron chi connectivity index (χ4n) is 1.63. The van der Waals surface area contributed by atoms with Crippen LogP contribution in [0.25, 0.3) is 0 Å². The monoisotopic (exact) mass is 324 g/mol. The van der Waals surface area contributed by atoms with Gasteiger partial charge in [0.2, 0.25) is 0 Å². The molecule has 0 atom stereocenters. The molecule has 21 heavy (non-hydrogen) atoms. The number of aryl methyl sites for hydroxylation is 1. The van der Waals surface area contributed by atoms with Crippen LogP contribution in [0, 0.1) is 6.92 Å². The van der Waals surface area contributed by atoms with E-state index in [0.717, 1.165) is 5.56 Å². The summed E-state index contributed by atoms with van der Waals surface area (Å²) in [6, 6.07) is 4.85. The van der Waals surface area contributed by atoms with Crippen LogP contribution in [0.3, 0.4) is 0 Å². The molecular weight excluding hydrogens is 312 g/mol. The smallest absolute Gasteiger partial charge is 0.348 e. The molecule has 2 rings (SSSR count). The van der Waals surface area contributed by atoms with E-state index in [4.69, 9.17) is 16.3 Å². The molecule has 0 aliphatic heterocycles. The largest absolute Gasteiger partial charge is 0.462 e. The zero-order chi connectivity index (χ0) is 15.4. The van der Waals surface area contributed by atoms with E-state index < -0.39 is 0 Å². The van der Waals surface area contributed by atoms with Crippen LogP contribution in [0.2, 0.25) is 5.02 Å². The van der Waals surface area contributed by atoms with Gasteiger partial charge in [-0.3, -0.25) is 4.79 Å². The average molecular weight is 325 g/mol. The number of ether oxygens (including phenoxy) is 1. The lowest BCUT2D eigenvalue weighted by atomic mass is 10.3. The zero-order valence-electron chi connectivity index (χ0n) is 11.5. The molecule has 0 aromatic carbocycles.